The number of nitriles is 2. The molecule has 2 heterocycles. The average Bonchev–Trinajstić information content (AvgIpc) is 3.46. The first-order valence-electron chi connectivity index (χ1n) is 9.72. The fraction of sp³-hybridized carbons (Fsp3) is 0. The van der Waals surface area contributed by atoms with E-state index >= 15 is 0 Å². The number of hydrogen-bond donors (Lipinski definition) is 0. The molecule has 0 atom stereocenters. The molecule has 0 unspecified atom stereocenters. The molecule has 0 amide bonds. The summed E-state index contributed by atoms with van der Waals surface area (Å²) in [7, 11) is 0. The highest BCUT2D eigenvalue weighted by Gasteiger charge is 2.32. The number of thiophene rings is 1. The van der Waals surface area contributed by atoms with Gasteiger partial charge in [-0.3, -0.25) is 4.79 Å². The van der Waals surface area contributed by atoms with Gasteiger partial charge in [-0.15, -0.1) is 11.3 Å². The van der Waals surface area contributed by atoms with Gasteiger partial charge in [0, 0.05) is 33.7 Å². The lowest BCUT2D eigenvalue weighted by atomic mass is 9.99. The van der Waals surface area contributed by atoms with Crippen LogP contribution in [0.5, 0.6) is 0 Å². The fourth-order valence-electron chi connectivity index (χ4n) is 3.63. The summed E-state index contributed by atoms with van der Waals surface area (Å²) in [5.74, 6) is 0.290. The van der Waals surface area contributed by atoms with Crippen LogP contribution in [-0.2, 0) is 0 Å². The van der Waals surface area contributed by atoms with Crippen LogP contribution in [0.4, 0.5) is 0 Å². The summed E-state index contributed by atoms with van der Waals surface area (Å²) in [6, 6.07) is 22.5. The largest absolute Gasteiger partial charge is 0.436 e. The second-order valence-corrected chi connectivity index (χ2v) is 8.08. The van der Waals surface area contributed by atoms with Crippen LogP contribution in [0.3, 0.4) is 0 Å². The number of carbonyl (C=O) groups is 1. The van der Waals surface area contributed by atoms with Gasteiger partial charge in [-0.25, -0.2) is 0 Å². The van der Waals surface area contributed by atoms with Gasteiger partial charge < -0.3 is 4.42 Å². The van der Waals surface area contributed by atoms with E-state index in [0.29, 0.717) is 38.6 Å². The molecule has 0 saturated heterocycles. The molecule has 150 valence electrons. The molecule has 32 heavy (non-hydrogen) atoms. The van der Waals surface area contributed by atoms with E-state index in [-0.39, 0.29) is 11.4 Å². The Hall–Kier alpha value is -4.52. The van der Waals surface area contributed by atoms with Gasteiger partial charge in [0.1, 0.15) is 17.7 Å². The Morgan fingerprint density at radius 3 is 2.41 bits per heavy atom. The smallest absolute Gasteiger partial charge is 0.220 e. The van der Waals surface area contributed by atoms with Crippen LogP contribution in [0, 0.1) is 22.7 Å². The Kier molecular flexibility index (Phi) is 4.84. The lowest BCUT2D eigenvalue weighted by molar-refractivity contribution is 0.104. The number of Topliss-reactive ketones (excluding diaryl/α,β-unsaturated/α-hetero) is 1. The van der Waals surface area contributed by atoms with E-state index in [1.807, 2.05) is 60.7 Å². The first-order valence-corrected chi connectivity index (χ1v) is 10.5. The Balaban J connectivity index is 1.52. The molecular weight excluding hydrogens is 418 g/mol. The Labute approximate surface area is 187 Å². The van der Waals surface area contributed by atoms with E-state index in [9.17, 15) is 15.3 Å². The maximum atomic E-state index is 13.0. The van der Waals surface area contributed by atoms with E-state index in [1.54, 1.807) is 30.3 Å². The van der Waals surface area contributed by atoms with Crippen LogP contribution in [0.15, 0.2) is 76.2 Å². The van der Waals surface area contributed by atoms with Gasteiger partial charge in [-0.2, -0.15) is 15.5 Å². The van der Waals surface area contributed by atoms with Crippen molar-refractivity contribution in [1.29, 1.82) is 10.5 Å². The third-order valence-electron chi connectivity index (χ3n) is 5.06. The number of rotatable bonds is 3. The van der Waals surface area contributed by atoms with E-state index in [0.717, 1.165) is 10.4 Å². The molecule has 0 aliphatic heterocycles. The van der Waals surface area contributed by atoms with Crippen molar-refractivity contribution in [2.24, 2.45) is 0 Å². The zero-order valence-electron chi connectivity index (χ0n) is 16.6. The highest BCUT2D eigenvalue weighted by molar-refractivity contribution is 7.19. The zero-order valence-corrected chi connectivity index (χ0v) is 17.4. The molecule has 0 saturated carbocycles. The van der Waals surface area contributed by atoms with Crippen LogP contribution >= 0.6 is 11.3 Å². The normalized spacial score (nSPS) is 14.1. The topological polar surface area (TPSA) is 90.7 Å². The van der Waals surface area contributed by atoms with Gasteiger partial charge >= 0.3 is 0 Å². The van der Waals surface area contributed by atoms with Crippen molar-refractivity contribution in [2.75, 3.05) is 0 Å². The van der Waals surface area contributed by atoms with Crippen LogP contribution in [-0.4, -0.2) is 10.8 Å². The molecule has 1 aliphatic rings. The summed E-state index contributed by atoms with van der Waals surface area (Å²) >= 11 is 1.38. The van der Waals surface area contributed by atoms with E-state index < -0.39 is 0 Å². The number of carbonyl (C=O) groups excluding carboxylic acids is 1. The molecule has 0 N–H and O–H groups in total. The molecule has 5 rings (SSSR count). The number of oxazole rings is 1. The number of hydrogen-bond acceptors (Lipinski definition) is 6. The van der Waals surface area contributed by atoms with Crippen molar-refractivity contribution in [1.82, 2.24) is 4.98 Å². The number of ketones is 1. The highest BCUT2D eigenvalue weighted by atomic mass is 32.1. The molecule has 5 nitrogen and oxygen atoms in total. The molecule has 4 aromatic rings. The SMILES string of the molecule is N#CC(C#N)=C1/C(=C/c2cc3oc(/C=C/c4ccccc4)nc3s2)C(=O)c2ccccc21. The Morgan fingerprint density at radius 2 is 1.69 bits per heavy atom. The molecule has 1 aliphatic carbocycles. The summed E-state index contributed by atoms with van der Waals surface area (Å²) in [4.78, 5) is 19.0. The highest BCUT2D eigenvalue weighted by Crippen LogP contribution is 2.40. The Morgan fingerprint density at radius 1 is 0.969 bits per heavy atom. The van der Waals surface area contributed by atoms with Gasteiger partial charge in [0.15, 0.2) is 16.2 Å². The third-order valence-corrected chi connectivity index (χ3v) is 6.02. The predicted molar refractivity (Wildman–Crippen MR) is 124 cm³/mol. The van der Waals surface area contributed by atoms with Crippen molar-refractivity contribution >= 4 is 51.3 Å². The first kappa shape index (κ1) is 19.4. The van der Waals surface area contributed by atoms with Crippen molar-refractivity contribution in [3.05, 3.63) is 99.3 Å². The monoisotopic (exact) mass is 431 g/mol. The molecular formula is C26H13N3O2S. The van der Waals surface area contributed by atoms with Crippen molar-refractivity contribution in [3.63, 3.8) is 0 Å². The summed E-state index contributed by atoms with van der Waals surface area (Å²) in [6.07, 6.45) is 5.44. The van der Waals surface area contributed by atoms with Crippen LogP contribution < -0.4 is 0 Å². The summed E-state index contributed by atoms with van der Waals surface area (Å²) in [5, 5.41) is 18.9. The van der Waals surface area contributed by atoms with Gasteiger partial charge in [-0.1, -0.05) is 54.6 Å². The minimum absolute atomic E-state index is 0.0822. The van der Waals surface area contributed by atoms with Crippen LogP contribution in [0.1, 0.15) is 32.3 Å². The van der Waals surface area contributed by atoms with E-state index in [2.05, 4.69) is 4.98 Å². The molecule has 0 fully saturated rings. The summed E-state index contributed by atoms with van der Waals surface area (Å²) < 4.78 is 5.82. The molecule has 0 spiro atoms. The summed E-state index contributed by atoms with van der Waals surface area (Å²) in [5.41, 5.74) is 3.38. The maximum Gasteiger partial charge on any atom is 0.220 e. The van der Waals surface area contributed by atoms with Gasteiger partial charge in [-0.05, 0) is 23.3 Å². The lowest BCUT2D eigenvalue weighted by Gasteiger charge is -2.00. The van der Waals surface area contributed by atoms with Gasteiger partial charge in [0.2, 0.25) is 5.89 Å². The van der Waals surface area contributed by atoms with E-state index in [1.165, 1.54) is 11.3 Å². The van der Waals surface area contributed by atoms with Crippen LogP contribution in [0.25, 0.3) is 34.2 Å². The second kappa shape index (κ2) is 7.96. The second-order valence-electron chi connectivity index (χ2n) is 7.02. The molecule has 2 aromatic carbocycles. The van der Waals surface area contributed by atoms with Crippen LogP contribution in [0.2, 0.25) is 0 Å². The third kappa shape index (κ3) is 3.35. The standard InChI is InChI=1S/C26H13N3O2S/c27-14-17(15-28)24-19-8-4-5-9-20(19)25(30)21(24)12-18-13-22-26(32-18)29-23(31-22)11-10-16-6-2-1-3-7-16/h1-13H/b11-10+,21-12-. The first-order chi connectivity index (χ1) is 15.7. The minimum atomic E-state index is -0.205. The lowest BCUT2D eigenvalue weighted by Crippen LogP contribution is -1.95. The molecule has 6 heteroatoms. The van der Waals surface area contributed by atoms with Gasteiger partial charge in [0.25, 0.3) is 0 Å². The molecule has 0 bridgehead atoms. The van der Waals surface area contributed by atoms with Gasteiger partial charge in [0.05, 0.1) is 0 Å². The molecule has 2 aromatic heterocycles. The average molecular weight is 431 g/mol. The number of benzene rings is 2. The quantitative estimate of drug-likeness (QED) is 0.287. The minimum Gasteiger partial charge on any atom is -0.436 e. The number of aromatic nitrogens is 1. The number of allylic oxidation sites excluding steroid dienone is 3. The van der Waals surface area contributed by atoms with Crippen molar-refractivity contribution in [2.45, 2.75) is 0 Å². The van der Waals surface area contributed by atoms with Crippen molar-refractivity contribution < 1.29 is 9.21 Å². The number of nitrogens with zero attached hydrogens (tertiary/aromatic N) is 3. The Bertz CT molecular complexity index is 1510. The van der Waals surface area contributed by atoms with Crippen molar-refractivity contribution in [3.8, 4) is 12.1 Å². The fourth-order valence-corrected chi connectivity index (χ4v) is 4.53. The van der Waals surface area contributed by atoms with E-state index in [4.69, 9.17) is 4.42 Å². The zero-order chi connectivity index (χ0) is 22.1. The maximum absolute atomic E-state index is 13.0. The number of fused-ring (bicyclic) bond motifs is 2. The molecule has 0 radical (unpaired) electrons. The summed E-state index contributed by atoms with van der Waals surface area (Å²) in [6.45, 7) is 0. The predicted octanol–water partition coefficient (Wildman–Crippen LogP) is 6.14.